The van der Waals surface area contributed by atoms with E-state index >= 15 is 0 Å². The summed E-state index contributed by atoms with van der Waals surface area (Å²) >= 11 is 0. The number of hydrogen-bond acceptors (Lipinski definition) is 5. The maximum absolute atomic E-state index is 12.3. The van der Waals surface area contributed by atoms with Gasteiger partial charge in [0.05, 0.1) is 10.5 Å². The summed E-state index contributed by atoms with van der Waals surface area (Å²) in [6.45, 7) is 13.5. The lowest BCUT2D eigenvalue weighted by Gasteiger charge is -2.39. The van der Waals surface area contributed by atoms with Crippen molar-refractivity contribution in [2.24, 2.45) is 4.99 Å². The van der Waals surface area contributed by atoms with Crippen molar-refractivity contribution in [3.63, 3.8) is 0 Å². The molecular weight excluding hydrogens is 368 g/mol. The van der Waals surface area contributed by atoms with Crippen LogP contribution in [0.15, 0.2) is 4.99 Å². The van der Waals surface area contributed by atoms with Crippen LogP contribution in [-0.4, -0.2) is 86.1 Å². The zero-order valence-corrected chi connectivity index (χ0v) is 18.6. The molecular formula is C18H36N4O4S. The summed E-state index contributed by atoms with van der Waals surface area (Å²) < 4.78 is 29.0. The van der Waals surface area contributed by atoms with Crippen LogP contribution in [-0.2, 0) is 14.6 Å². The van der Waals surface area contributed by atoms with Gasteiger partial charge in [0.25, 0.3) is 0 Å². The third kappa shape index (κ3) is 6.86. The first-order valence-corrected chi connectivity index (χ1v) is 11.1. The topological polar surface area (TPSA) is 91.3 Å². The summed E-state index contributed by atoms with van der Waals surface area (Å²) in [4.78, 5) is 20.2. The summed E-state index contributed by atoms with van der Waals surface area (Å²) in [5, 5.41) is 3.24. The van der Waals surface area contributed by atoms with Crippen LogP contribution in [0, 0.1) is 0 Å². The first kappa shape index (κ1) is 23.5. The van der Waals surface area contributed by atoms with Gasteiger partial charge in [-0.3, -0.25) is 4.99 Å². The fourth-order valence-electron chi connectivity index (χ4n) is 2.85. The van der Waals surface area contributed by atoms with Gasteiger partial charge in [0.2, 0.25) is 0 Å². The first-order chi connectivity index (χ1) is 12.3. The molecule has 0 radical (unpaired) electrons. The smallest absolute Gasteiger partial charge is 0.410 e. The lowest BCUT2D eigenvalue weighted by molar-refractivity contribution is 0.0253. The predicted octanol–water partition coefficient (Wildman–Crippen LogP) is 1.72. The zero-order valence-electron chi connectivity index (χ0n) is 17.8. The Morgan fingerprint density at radius 1 is 1.30 bits per heavy atom. The van der Waals surface area contributed by atoms with E-state index < -0.39 is 20.2 Å². The van der Waals surface area contributed by atoms with Crippen LogP contribution < -0.4 is 5.32 Å². The molecule has 1 amide bonds. The van der Waals surface area contributed by atoms with Gasteiger partial charge in [-0.2, -0.15) is 0 Å². The molecule has 0 aromatic rings. The normalized spacial score (nSPS) is 19.5. The van der Waals surface area contributed by atoms with E-state index in [1.165, 1.54) is 0 Å². The lowest BCUT2D eigenvalue weighted by Crippen LogP contribution is -2.57. The zero-order chi connectivity index (χ0) is 20.9. The van der Waals surface area contributed by atoms with Crippen LogP contribution in [0.4, 0.5) is 4.79 Å². The highest BCUT2D eigenvalue weighted by atomic mass is 32.2. The number of guanidine groups is 1. The SMILES string of the molecule is CCCN(CCNC(=NC)N1CCS(=O)(=O)C(C)(C)C1)C(=O)OC(C)(C)C. The number of carbonyl (C=O) groups is 1. The number of carbonyl (C=O) groups excluding carboxylic acids is 1. The second-order valence-electron chi connectivity index (χ2n) is 8.44. The van der Waals surface area contributed by atoms with Crippen molar-refractivity contribution in [3.8, 4) is 0 Å². The van der Waals surface area contributed by atoms with Crippen LogP contribution in [0.5, 0.6) is 0 Å². The van der Waals surface area contributed by atoms with E-state index in [1.807, 2.05) is 32.6 Å². The van der Waals surface area contributed by atoms with E-state index in [1.54, 1.807) is 25.8 Å². The van der Waals surface area contributed by atoms with Crippen LogP contribution in [0.2, 0.25) is 0 Å². The Kier molecular flexibility index (Phi) is 7.95. The molecule has 1 aliphatic heterocycles. The fourth-order valence-corrected chi connectivity index (χ4v) is 4.22. The van der Waals surface area contributed by atoms with E-state index in [-0.39, 0.29) is 11.8 Å². The molecule has 0 bridgehead atoms. The molecule has 1 saturated heterocycles. The van der Waals surface area contributed by atoms with Gasteiger partial charge in [-0.25, -0.2) is 13.2 Å². The Labute approximate surface area is 164 Å². The van der Waals surface area contributed by atoms with Crippen molar-refractivity contribution in [3.05, 3.63) is 0 Å². The minimum Gasteiger partial charge on any atom is -0.444 e. The Balaban J connectivity index is 2.65. The maximum Gasteiger partial charge on any atom is 0.410 e. The van der Waals surface area contributed by atoms with Crippen LogP contribution in [0.25, 0.3) is 0 Å². The molecule has 27 heavy (non-hydrogen) atoms. The van der Waals surface area contributed by atoms with Crippen molar-refractivity contribution >= 4 is 21.9 Å². The van der Waals surface area contributed by atoms with E-state index in [2.05, 4.69) is 10.3 Å². The summed E-state index contributed by atoms with van der Waals surface area (Å²) in [6.07, 6.45) is 0.512. The van der Waals surface area contributed by atoms with Gasteiger partial charge in [0.15, 0.2) is 15.8 Å². The Bertz CT molecular complexity index is 638. The Morgan fingerprint density at radius 3 is 2.41 bits per heavy atom. The lowest BCUT2D eigenvalue weighted by atomic mass is 10.2. The molecule has 0 saturated carbocycles. The number of sulfone groups is 1. The van der Waals surface area contributed by atoms with Crippen LogP contribution in [0.1, 0.15) is 48.0 Å². The van der Waals surface area contributed by atoms with E-state index in [0.29, 0.717) is 38.7 Å². The quantitative estimate of drug-likeness (QED) is 0.554. The molecule has 0 aromatic heterocycles. The van der Waals surface area contributed by atoms with Gasteiger partial charge in [-0.1, -0.05) is 6.92 Å². The highest BCUT2D eigenvalue weighted by Crippen LogP contribution is 2.23. The highest BCUT2D eigenvalue weighted by Gasteiger charge is 2.40. The predicted molar refractivity (Wildman–Crippen MR) is 109 cm³/mol. The summed E-state index contributed by atoms with van der Waals surface area (Å²) in [5.41, 5.74) is -0.530. The monoisotopic (exact) mass is 404 g/mol. The number of ether oxygens (including phenoxy) is 1. The third-order valence-corrected chi connectivity index (χ3v) is 6.90. The van der Waals surface area contributed by atoms with Gasteiger partial charge >= 0.3 is 6.09 Å². The minimum absolute atomic E-state index is 0.112. The number of hydrogen-bond donors (Lipinski definition) is 1. The molecule has 1 fully saturated rings. The van der Waals surface area contributed by atoms with E-state index in [0.717, 1.165) is 6.42 Å². The van der Waals surface area contributed by atoms with Gasteiger partial charge in [-0.15, -0.1) is 0 Å². The molecule has 1 heterocycles. The number of rotatable bonds is 5. The number of amides is 1. The molecule has 1 rings (SSSR count). The molecule has 9 heteroatoms. The average molecular weight is 405 g/mol. The molecule has 8 nitrogen and oxygen atoms in total. The highest BCUT2D eigenvalue weighted by molar-refractivity contribution is 7.92. The van der Waals surface area contributed by atoms with E-state index in [9.17, 15) is 13.2 Å². The Morgan fingerprint density at radius 2 is 1.93 bits per heavy atom. The van der Waals surface area contributed by atoms with E-state index in [4.69, 9.17) is 4.74 Å². The Hall–Kier alpha value is -1.51. The fraction of sp³-hybridized carbons (Fsp3) is 0.889. The summed E-state index contributed by atoms with van der Waals surface area (Å²) in [6, 6.07) is 0. The van der Waals surface area contributed by atoms with Gasteiger partial charge < -0.3 is 19.9 Å². The number of nitrogens with zero attached hydrogens (tertiary/aromatic N) is 3. The van der Waals surface area contributed by atoms with Crippen molar-refractivity contribution in [2.75, 3.05) is 45.5 Å². The largest absolute Gasteiger partial charge is 0.444 e. The summed E-state index contributed by atoms with van der Waals surface area (Å²) in [5.74, 6) is 0.763. The molecule has 0 spiro atoms. The maximum atomic E-state index is 12.3. The second kappa shape index (κ2) is 9.12. The standard InChI is InChI=1S/C18H36N4O4S/c1-8-10-21(16(23)26-17(2,3)4)11-9-20-15(19-7)22-12-13-27(24,25)18(5,6)14-22/h8-14H2,1-7H3,(H,19,20). The molecule has 0 aliphatic carbocycles. The molecule has 0 unspecified atom stereocenters. The second-order valence-corrected chi connectivity index (χ2v) is 11.2. The van der Waals surface area contributed by atoms with Crippen molar-refractivity contribution < 1.29 is 17.9 Å². The number of nitrogens with one attached hydrogen (secondary N) is 1. The van der Waals surface area contributed by atoms with Gasteiger partial charge in [0, 0.05) is 39.8 Å². The molecule has 1 aliphatic rings. The average Bonchev–Trinajstić information content (AvgIpc) is 2.51. The van der Waals surface area contributed by atoms with Crippen molar-refractivity contribution in [1.82, 2.24) is 15.1 Å². The molecule has 0 aromatic carbocycles. The van der Waals surface area contributed by atoms with Gasteiger partial charge in [0.1, 0.15) is 5.60 Å². The molecule has 158 valence electrons. The first-order valence-electron chi connectivity index (χ1n) is 9.49. The van der Waals surface area contributed by atoms with Crippen molar-refractivity contribution in [1.29, 1.82) is 0 Å². The number of aliphatic imine (C=N–C) groups is 1. The molecule has 0 atom stereocenters. The van der Waals surface area contributed by atoms with Crippen LogP contribution in [0.3, 0.4) is 0 Å². The summed E-state index contributed by atoms with van der Waals surface area (Å²) in [7, 11) is -1.42. The molecule has 1 N–H and O–H groups in total. The van der Waals surface area contributed by atoms with Crippen molar-refractivity contribution in [2.45, 2.75) is 58.3 Å². The van der Waals surface area contributed by atoms with Gasteiger partial charge in [-0.05, 0) is 41.0 Å². The minimum atomic E-state index is -3.10. The third-order valence-electron chi connectivity index (χ3n) is 4.36. The van der Waals surface area contributed by atoms with Crippen LogP contribution >= 0.6 is 0 Å².